The third kappa shape index (κ3) is 5.92. The molecule has 160 valence electrons. The first-order chi connectivity index (χ1) is 14.6. The van der Waals surface area contributed by atoms with E-state index in [1.165, 1.54) is 5.56 Å². The number of nitrogens with zero attached hydrogens (tertiary/aromatic N) is 4. The van der Waals surface area contributed by atoms with Crippen LogP contribution in [0.25, 0.3) is 0 Å². The van der Waals surface area contributed by atoms with E-state index in [0.29, 0.717) is 38.2 Å². The molecule has 0 bridgehead atoms. The Kier molecular flexibility index (Phi) is 7.59. The first-order valence-corrected chi connectivity index (χ1v) is 10.4. The van der Waals surface area contributed by atoms with Crippen molar-refractivity contribution in [1.82, 2.24) is 20.2 Å². The Morgan fingerprint density at radius 2 is 1.93 bits per heavy atom. The van der Waals surface area contributed by atoms with Gasteiger partial charge in [0.05, 0.1) is 6.61 Å². The standard InChI is InChI=1S/C22H29N5O3/c1-3-30-22(29)27-15-10-18(11-16-27)24-21(28)19-5-4-6-20(25-19)26(2)14-9-17-7-12-23-13-8-17/h4-8,12-13,18H,3,9-11,14-16H2,1-2H3,(H,24,28). The maximum Gasteiger partial charge on any atom is 0.409 e. The fourth-order valence-electron chi connectivity index (χ4n) is 3.40. The van der Waals surface area contributed by atoms with E-state index in [2.05, 4.69) is 15.3 Å². The number of likely N-dealkylation sites (N-methyl/N-ethyl adjacent to an activating group) is 1. The molecular weight excluding hydrogens is 382 g/mol. The number of carbonyl (C=O) groups is 2. The smallest absolute Gasteiger partial charge is 0.409 e. The summed E-state index contributed by atoms with van der Waals surface area (Å²) >= 11 is 0. The summed E-state index contributed by atoms with van der Waals surface area (Å²) in [4.78, 5) is 36.8. The van der Waals surface area contributed by atoms with Crippen molar-refractivity contribution in [1.29, 1.82) is 0 Å². The Bertz CT molecular complexity index is 838. The van der Waals surface area contributed by atoms with Gasteiger partial charge in [-0.2, -0.15) is 0 Å². The normalized spacial score (nSPS) is 14.3. The van der Waals surface area contributed by atoms with Crippen LogP contribution in [0.2, 0.25) is 0 Å². The summed E-state index contributed by atoms with van der Waals surface area (Å²) in [6.07, 6.45) is 5.57. The summed E-state index contributed by atoms with van der Waals surface area (Å²) in [5.74, 6) is 0.572. The Labute approximate surface area is 177 Å². The van der Waals surface area contributed by atoms with Crippen LogP contribution >= 0.6 is 0 Å². The second-order valence-corrected chi connectivity index (χ2v) is 7.34. The number of pyridine rings is 2. The van der Waals surface area contributed by atoms with Gasteiger partial charge in [0.15, 0.2) is 0 Å². The molecule has 8 heteroatoms. The number of hydrogen-bond acceptors (Lipinski definition) is 6. The molecule has 1 fully saturated rings. The third-order valence-corrected chi connectivity index (χ3v) is 5.20. The molecule has 8 nitrogen and oxygen atoms in total. The highest BCUT2D eigenvalue weighted by molar-refractivity contribution is 5.92. The van der Waals surface area contributed by atoms with E-state index in [9.17, 15) is 9.59 Å². The summed E-state index contributed by atoms with van der Waals surface area (Å²) in [6, 6.07) is 9.50. The summed E-state index contributed by atoms with van der Waals surface area (Å²) in [5.41, 5.74) is 1.61. The molecule has 30 heavy (non-hydrogen) atoms. The second-order valence-electron chi connectivity index (χ2n) is 7.34. The number of nitrogens with one attached hydrogen (secondary N) is 1. The van der Waals surface area contributed by atoms with Gasteiger partial charge in [0, 0.05) is 45.1 Å². The summed E-state index contributed by atoms with van der Waals surface area (Å²) in [5, 5.41) is 3.04. The molecule has 0 atom stereocenters. The van der Waals surface area contributed by atoms with Crippen LogP contribution in [0.5, 0.6) is 0 Å². The van der Waals surface area contributed by atoms with Gasteiger partial charge in [-0.1, -0.05) is 6.07 Å². The lowest BCUT2D eigenvalue weighted by Gasteiger charge is -2.31. The second kappa shape index (κ2) is 10.6. The van der Waals surface area contributed by atoms with Gasteiger partial charge in [-0.05, 0) is 56.0 Å². The number of anilines is 1. The van der Waals surface area contributed by atoms with Gasteiger partial charge < -0.3 is 19.9 Å². The molecule has 0 aromatic carbocycles. The van der Waals surface area contributed by atoms with Crippen molar-refractivity contribution in [3.63, 3.8) is 0 Å². The van der Waals surface area contributed by atoms with Crippen LogP contribution in [-0.4, -0.2) is 66.2 Å². The molecule has 2 aromatic heterocycles. The minimum atomic E-state index is -0.286. The molecule has 1 aliphatic rings. The average Bonchev–Trinajstić information content (AvgIpc) is 2.79. The molecular formula is C22H29N5O3. The topological polar surface area (TPSA) is 87.7 Å². The molecule has 0 saturated carbocycles. The minimum absolute atomic E-state index is 0.0260. The van der Waals surface area contributed by atoms with Crippen molar-refractivity contribution in [3.05, 3.63) is 54.0 Å². The van der Waals surface area contributed by atoms with Gasteiger partial charge in [0.25, 0.3) is 5.91 Å². The molecule has 2 aromatic rings. The molecule has 3 heterocycles. The van der Waals surface area contributed by atoms with E-state index >= 15 is 0 Å². The highest BCUT2D eigenvalue weighted by Crippen LogP contribution is 2.14. The SMILES string of the molecule is CCOC(=O)N1CCC(NC(=O)c2cccc(N(C)CCc3ccncc3)n2)CC1. The largest absolute Gasteiger partial charge is 0.450 e. The zero-order chi connectivity index (χ0) is 21.3. The lowest BCUT2D eigenvalue weighted by Crippen LogP contribution is -2.46. The Balaban J connectivity index is 1.51. The van der Waals surface area contributed by atoms with E-state index in [0.717, 1.165) is 18.8 Å². The van der Waals surface area contributed by atoms with Gasteiger partial charge in [-0.3, -0.25) is 9.78 Å². The summed E-state index contributed by atoms with van der Waals surface area (Å²) in [7, 11) is 1.97. The number of hydrogen-bond donors (Lipinski definition) is 1. The number of carbonyl (C=O) groups excluding carboxylic acids is 2. The lowest BCUT2D eigenvalue weighted by atomic mass is 10.1. The first-order valence-electron chi connectivity index (χ1n) is 10.4. The van der Waals surface area contributed by atoms with Crippen molar-refractivity contribution >= 4 is 17.8 Å². The molecule has 0 radical (unpaired) electrons. The van der Waals surface area contributed by atoms with Crippen molar-refractivity contribution < 1.29 is 14.3 Å². The Hall–Kier alpha value is -3.16. The molecule has 1 saturated heterocycles. The zero-order valence-corrected chi connectivity index (χ0v) is 17.6. The van der Waals surface area contributed by atoms with Gasteiger partial charge >= 0.3 is 6.09 Å². The van der Waals surface area contributed by atoms with Crippen LogP contribution in [0.3, 0.4) is 0 Å². The minimum Gasteiger partial charge on any atom is -0.450 e. The van der Waals surface area contributed by atoms with Crippen LogP contribution < -0.4 is 10.2 Å². The molecule has 3 rings (SSSR count). The number of rotatable bonds is 7. The van der Waals surface area contributed by atoms with Gasteiger partial charge in [0.1, 0.15) is 11.5 Å². The van der Waals surface area contributed by atoms with E-state index in [4.69, 9.17) is 4.74 Å². The summed E-state index contributed by atoms with van der Waals surface area (Å²) in [6.45, 7) is 4.11. The Morgan fingerprint density at radius 3 is 2.63 bits per heavy atom. The van der Waals surface area contributed by atoms with Gasteiger partial charge in [-0.25, -0.2) is 9.78 Å². The fraction of sp³-hybridized carbons (Fsp3) is 0.455. The quantitative estimate of drug-likeness (QED) is 0.753. The van der Waals surface area contributed by atoms with Crippen molar-refractivity contribution in [3.8, 4) is 0 Å². The van der Waals surface area contributed by atoms with Crippen LogP contribution in [0.1, 0.15) is 35.8 Å². The average molecular weight is 412 g/mol. The lowest BCUT2D eigenvalue weighted by molar-refractivity contribution is 0.0856. The van der Waals surface area contributed by atoms with Crippen LogP contribution in [-0.2, 0) is 11.2 Å². The monoisotopic (exact) mass is 411 g/mol. The maximum atomic E-state index is 12.7. The van der Waals surface area contributed by atoms with Crippen LogP contribution in [0, 0.1) is 0 Å². The van der Waals surface area contributed by atoms with Gasteiger partial charge in [-0.15, -0.1) is 0 Å². The zero-order valence-electron chi connectivity index (χ0n) is 17.6. The van der Waals surface area contributed by atoms with Crippen LogP contribution in [0.4, 0.5) is 10.6 Å². The molecule has 0 spiro atoms. The molecule has 1 aliphatic heterocycles. The van der Waals surface area contributed by atoms with Crippen molar-refractivity contribution in [2.75, 3.05) is 38.2 Å². The van der Waals surface area contributed by atoms with Crippen LogP contribution in [0.15, 0.2) is 42.7 Å². The molecule has 2 amide bonds. The number of likely N-dealkylation sites (tertiary alicyclic amines) is 1. The highest BCUT2D eigenvalue weighted by Gasteiger charge is 2.25. The highest BCUT2D eigenvalue weighted by atomic mass is 16.6. The van der Waals surface area contributed by atoms with E-state index < -0.39 is 0 Å². The van der Waals surface area contributed by atoms with Crippen molar-refractivity contribution in [2.24, 2.45) is 0 Å². The predicted molar refractivity (Wildman–Crippen MR) is 115 cm³/mol. The first kappa shape index (κ1) is 21.5. The number of piperidine rings is 1. The molecule has 0 unspecified atom stereocenters. The maximum absolute atomic E-state index is 12.7. The molecule has 0 aliphatic carbocycles. The number of amides is 2. The fourth-order valence-corrected chi connectivity index (χ4v) is 3.40. The number of aromatic nitrogens is 2. The van der Waals surface area contributed by atoms with E-state index in [1.54, 1.807) is 30.3 Å². The van der Waals surface area contributed by atoms with Crippen molar-refractivity contribution in [2.45, 2.75) is 32.2 Å². The number of ether oxygens (including phenoxy) is 1. The predicted octanol–water partition coefficient (Wildman–Crippen LogP) is 2.51. The summed E-state index contributed by atoms with van der Waals surface area (Å²) < 4.78 is 5.03. The van der Waals surface area contributed by atoms with E-state index in [-0.39, 0.29) is 18.0 Å². The third-order valence-electron chi connectivity index (χ3n) is 5.20. The van der Waals surface area contributed by atoms with E-state index in [1.807, 2.05) is 36.2 Å². The molecule has 1 N–H and O–H groups in total. The Morgan fingerprint density at radius 1 is 1.20 bits per heavy atom. The van der Waals surface area contributed by atoms with Gasteiger partial charge in [0.2, 0.25) is 0 Å².